The van der Waals surface area contributed by atoms with E-state index >= 15 is 0 Å². The number of nitrogens with one attached hydrogen (secondary N) is 1. The van der Waals surface area contributed by atoms with Crippen molar-refractivity contribution in [2.24, 2.45) is 7.05 Å². The molecule has 0 spiro atoms. The van der Waals surface area contributed by atoms with Crippen molar-refractivity contribution in [3.8, 4) is 0 Å². The van der Waals surface area contributed by atoms with E-state index in [-0.39, 0.29) is 0 Å². The summed E-state index contributed by atoms with van der Waals surface area (Å²) in [5.74, 6) is 0.978. The predicted molar refractivity (Wildman–Crippen MR) is 81.6 cm³/mol. The third-order valence-electron chi connectivity index (χ3n) is 3.31. The second-order valence-corrected chi connectivity index (χ2v) is 5.82. The van der Waals surface area contributed by atoms with Crippen molar-refractivity contribution in [3.63, 3.8) is 0 Å². The van der Waals surface area contributed by atoms with E-state index in [0.29, 0.717) is 6.04 Å². The molecule has 0 aliphatic carbocycles. The molecule has 1 aromatic carbocycles. The van der Waals surface area contributed by atoms with Crippen molar-refractivity contribution in [2.75, 3.05) is 12.8 Å². The van der Waals surface area contributed by atoms with Crippen molar-refractivity contribution in [3.05, 3.63) is 47.3 Å². The molecule has 1 aromatic heterocycles. The first kappa shape index (κ1) is 14.2. The molecule has 1 atom stereocenters. The number of thioether (sulfide) groups is 1. The van der Waals surface area contributed by atoms with Crippen molar-refractivity contribution in [1.82, 2.24) is 14.9 Å². The van der Waals surface area contributed by atoms with Crippen molar-refractivity contribution in [1.29, 1.82) is 0 Å². The average Bonchev–Trinajstić information content (AvgIpc) is 2.80. The quantitative estimate of drug-likeness (QED) is 0.850. The summed E-state index contributed by atoms with van der Waals surface area (Å²) in [5.41, 5.74) is 4.03. The average molecular weight is 275 g/mol. The molecule has 1 heterocycles. The molecule has 19 heavy (non-hydrogen) atoms. The third kappa shape index (κ3) is 3.39. The van der Waals surface area contributed by atoms with Gasteiger partial charge in [0.05, 0.1) is 0 Å². The minimum absolute atomic E-state index is 0.349. The second kappa shape index (κ2) is 6.26. The van der Waals surface area contributed by atoms with Crippen LogP contribution in [0.4, 0.5) is 0 Å². The smallest absolute Gasteiger partial charge is 0.167 e. The van der Waals surface area contributed by atoms with Gasteiger partial charge in [0, 0.05) is 31.2 Å². The van der Waals surface area contributed by atoms with Gasteiger partial charge in [0.25, 0.3) is 0 Å². The number of hydrogen-bond donors (Lipinski definition) is 1. The first-order chi connectivity index (χ1) is 9.11. The van der Waals surface area contributed by atoms with Crippen LogP contribution in [-0.2, 0) is 7.05 Å². The van der Waals surface area contributed by atoms with E-state index in [9.17, 15) is 0 Å². The maximum Gasteiger partial charge on any atom is 0.167 e. The minimum atomic E-state index is 0.349. The Balaban J connectivity index is 2.12. The van der Waals surface area contributed by atoms with Crippen LogP contribution in [0.15, 0.2) is 35.7 Å². The highest BCUT2D eigenvalue weighted by Gasteiger charge is 2.13. The molecule has 2 rings (SSSR count). The maximum absolute atomic E-state index is 4.35. The van der Waals surface area contributed by atoms with Gasteiger partial charge < -0.3 is 9.88 Å². The number of benzene rings is 1. The Bertz CT molecular complexity index is 548. The van der Waals surface area contributed by atoms with E-state index in [0.717, 1.165) is 10.9 Å². The standard InChI is InChI=1S/C15H21N3S/c1-11-5-6-12(2)13(9-11)14(16-3)10-19-15-17-7-8-18(15)4/h5-9,14,16H,10H2,1-4H3. The summed E-state index contributed by atoms with van der Waals surface area (Å²) in [4.78, 5) is 4.35. The Morgan fingerprint density at radius 3 is 2.79 bits per heavy atom. The summed E-state index contributed by atoms with van der Waals surface area (Å²) < 4.78 is 2.06. The van der Waals surface area contributed by atoms with Crippen molar-refractivity contribution in [2.45, 2.75) is 25.0 Å². The van der Waals surface area contributed by atoms with Crippen LogP contribution >= 0.6 is 11.8 Å². The van der Waals surface area contributed by atoms with Crippen molar-refractivity contribution < 1.29 is 0 Å². The monoisotopic (exact) mass is 275 g/mol. The lowest BCUT2D eigenvalue weighted by atomic mass is 10.0. The van der Waals surface area contributed by atoms with E-state index in [2.05, 4.69) is 46.9 Å². The van der Waals surface area contributed by atoms with Crippen LogP contribution in [0.1, 0.15) is 22.7 Å². The van der Waals surface area contributed by atoms with Crippen LogP contribution in [0.25, 0.3) is 0 Å². The van der Waals surface area contributed by atoms with Gasteiger partial charge in [-0.2, -0.15) is 0 Å². The number of rotatable bonds is 5. The maximum atomic E-state index is 4.35. The Hall–Kier alpha value is -1.26. The molecule has 4 heteroatoms. The molecule has 0 fully saturated rings. The van der Waals surface area contributed by atoms with Gasteiger partial charge in [-0.25, -0.2) is 4.98 Å². The Kier molecular flexibility index (Phi) is 4.66. The molecule has 0 saturated heterocycles. The summed E-state index contributed by atoms with van der Waals surface area (Å²) in [6.45, 7) is 4.31. The van der Waals surface area contributed by atoms with Gasteiger partial charge in [-0.3, -0.25) is 0 Å². The van der Waals surface area contributed by atoms with Gasteiger partial charge in [-0.05, 0) is 32.0 Å². The van der Waals surface area contributed by atoms with Crippen LogP contribution in [0.2, 0.25) is 0 Å². The van der Waals surface area contributed by atoms with Crippen LogP contribution in [0.5, 0.6) is 0 Å². The van der Waals surface area contributed by atoms with Gasteiger partial charge in [-0.15, -0.1) is 0 Å². The summed E-state index contributed by atoms with van der Waals surface area (Å²) >= 11 is 1.79. The fourth-order valence-electron chi connectivity index (χ4n) is 2.11. The summed E-state index contributed by atoms with van der Waals surface area (Å²) in [6.07, 6.45) is 3.82. The number of nitrogens with zero attached hydrogens (tertiary/aromatic N) is 2. The molecule has 0 amide bonds. The van der Waals surface area contributed by atoms with Gasteiger partial charge >= 0.3 is 0 Å². The fraction of sp³-hybridized carbons (Fsp3) is 0.400. The molecule has 0 radical (unpaired) electrons. The Morgan fingerprint density at radius 2 is 2.16 bits per heavy atom. The minimum Gasteiger partial charge on any atom is -0.329 e. The van der Waals surface area contributed by atoms with Crippen LogP contribution in [-0.4, -0.2) is 22.4 Å². The molecular weight excluding hydrogens is 254 g/mol. The van der Waals surface area contributed by atoms with Gasteiger partial charge in [-0.1, -0.05) is 35.5 Å². The molecular formula is C15H21N3S. The zero-order valence-corrected chi connectivity index (χ0v) is 12.8. The number of aryl methyl sites for hydroxylation is 3. The Morgan fingerprint density at radius 1 is 1.37 bits per heavy atom. The number of hydrogen-bond acceptors (Lipinski definition) is 3. The highest BCUT2D eigenvalue weighted by Crippen LogP contribution is 2.25. The van der Waals surface area contributed by atoms with Crippen LogP contribution in [0, 0.1) is 13.8 Å². The summed E-state index contributed by atoms with van der Waals surface area (Å²) in [7, 11) is 4.05. The van der Waals surface area contributed by atoms with E-state index in [1.807, 2.05) is 26.5 Å². The molecule has 2 aromatic rings. The molecule has 102 valence electrons. The SMILES string of the molecule is CNC(CSc1nccn1C)c1cc(C)ccc1C. The lowest BCUT2D eigenvalue weighted by molar-refractivity contribution is 0.655. The predicted octanol–water partition coefficient (Wildman–Crippen LogP) is 3.09. The first-order valence-electron chi connectivity index (χ1n) is 6.46. The van der Waals surface area contributed by atoms with Crippen molar-refractivity contribution >= 4 is 11.8 Å². The lowest BCUT2D eigenvalue weighted by Crippen LogP contribution is -2.20. The second-order valence-electron chi connectivity index (χ2n) is 4.83. The van der Waals surface area contributed by atoms with Gasteiger partial charge in [0.1, 0.15) is 0 Å². The topological polar surface area (TPSA) is 29.9 Å². The zero-order chi connectivity index (χ0) is 13.8. The number of aromatic nitrogens is 2. The molecule has 0 saturated carbocycles. The molecule has 3 nitrogen and oxygen atoms in total. The first-order valence-corrected chi connectivity index (χ1v) is 7.45. The third-order valence-corrected chi connectivity index (χ3v) is 4.47. The molecule has 0 aliphatic heterocycles. The van der Waals surface area contributed by atoms with E-state index in [4.69, 9.17) is 0 Å². The van der Waals surface area contributed by atoms with E-state index < -0.39 is 0 Å². The molecule has 1 N–H and O–H groups in total. The lowest BCUT2D eigenvalue weighted by Gasteiger charge is -2.19. The molecule has 0 bridgehead atoms. The molecule has 1 unspecified atom stereocenters. The fourth-order valence-corrected chi connectivity index (χ4v) is 3.17. The molecule has 0 aliphatic rings. The number of imidazole rings is 1. The van der Waals surface area contributed by atoms with Gasteiger partial charge in [0.2, 0.25) is 0 Å². The van der Waals surface area contributed by atoms with Crippen LogP contribution < -0.4 is 5.32 Å². The highest BCUT2D eigenvalue weighted by atomic mass is 32.2. The normalized spacial score (nSPS) is 12.6. The summed E-state index contributed by atoms with van der Waals surface area (Å²) in [5, 5.41) is 4.47. The zero-order valence-electron chi connectivity index (χ0n) is 12.0. The van der Waals surface area contributed by atoms with E-state index in [1.165, 1.54) is 16.7 Å². The van der Waals surface area contributed by atoms with Gasteiger partial charge in [0.15, 0.2) is 5.16 Å². The highest BCUT2D eigenvalue weighted by molar-refractivity contribution is 7.99. The Labute approximate surface area is 119 Å². The van der Waals surface area contributed by atoms with E-state index in [1.54, 1.807) is 11.8 Å². The van der Waals surface area contributed by atoms with Crippen LogP contribution in [0.3, 0.4) is 0 Å². The summed E-state index contributed by atoms with van der Waals surface area (Å²) in [6, 6.07) is 6.98. The largest absolute Gasteiger partial charge is 0.329 e.